The third-order valence-corrected chi connectivity index (χ3v) is 5.46. The molecule has 5 heteroatoms. The van der Waals surface area contributed by atoms with E-state index in [1.807, 2.05) is 18.2 Å². The van der Waals surface area contributed by atoms with Crippen LogP contribution < -0.4 is 10.6 Å². The first-order valence-electron chi connectivity index (χ1n) is 8.48. The largest absolute Gasteiger partial charge is 0.385 e. The van der Waals surface area contributed by atoms with E-state index in [9.17, 15) is 4.79 Å². The highest BCUT2D eigenvalue weighted by Gasteiger charge is 2.42. The molecule has 1 heterocycles. The molecule has 1 aliphatic heterocycles. The smallest absolute Gasteiger partial charge is 0.227 e. The highest BCUT2D eigenvalue weighted by Crippen LogP contribution is 2.32. The second kappa shape index (κ2) is 8.84. The molecule has 1 saturated heterocycles. The van der Waals surface area contributed by atoms with E-state index in [0.717, 1.165) is 25.9 Å². The zero-order chi connectivity index (χ0) is 16.9. The Hall–Kier alpha value is -1.10. The number of hydrogen-bond acceptors (Lipinski definition) is 3. The summed E-state index contributed by atoms with van der Waals surface area (Å²) in [5.74, 6) is 0.149. The fraction of sp³-hybridized carbons (Fsp3) is 0.632. The maximum absolute atomic E-state index is 13.0. The van der Waals surface area contributed by atoms with Gasteiger partial charge in [0.1, 0.15) is 0 Å². The predicted molar refractivity (Wildman–Crippen MR) is 101 cm³/mol. The summed E-state index contributed by atoms with van der Waals surface area (Å²) in [5.41, 5.74) is 0.783. The van der Waals surface area contributed by atoms with Gasteiger partial charge in [0.2, 0.25) is 5.91 Å². The van der Waals surface area contributed by atoms with Crippen molar-refractivity contribution in [3.63, 3.8) is 0 Å². The summed E-state index contributed by atoms with van der Waals surface area (Å²) in [4.78, 5) is 13.0. The lowest BCUT2D eigenvalue weighted by molar-refractivity contribution is -0.132. The Balaban J connectivity index is 0.00000288. The summed E-state index contributed by atoms with van der Waals surface area (Å²) < 4.78 is 5.21. The van der Waals surface area contributed by atoms with Crippen LogP contribution in [0.1, 0.15) is 39.2 Å². The van der Waals surface area contributed by atoms with E-state index < -0.39 is 0 Å². The number of carbonyl (C=O) groups is 1. The number of carbonyl (C=O) groups excluding carboxylic acids is 1. The molecule has 1 aromatic carbocycles. The first-order valence-corrected chi connectivity index (χ1v) is 8.48. The van der Waals surface area contributed by atoms with Crippen LogP contribution >= 0.6 is 12.4 Å². The van der Waals surface area contributed by atoms with Crippen LogP contribution in [0.25, 0.3) is 0 Å². The van der Waals surface area contributed by atoms with Gasteiger partial charge in [-0.2, -0.15) is 0 Å². The van der Waals surface area contributed by atoms with Crippen molar-refractivity contribution in [1.82, 2.24) is 10.6 Å². The number of amides is 1. The first kappa shape index (κ1) is 20.9. The van der Waals surface area contributed by atoms with Gasteiger partial charge in [0, 0.05) is 31.7 Å². The van der Waals surface area contributed by atoms with E-state index in [-0.39, 0.29) is 35.2 Å². The summed E-state index contributed by atoms with van der Waals surface area (Å²) in [7, 11) is 1.69. The molecule has 4 nitrogen and oxygen atoms in total. The Morgan fingerprint density at radius 2 is 2.04 bits per heavy atom. The lowest BCUT2D eigenvalue weighted by Gasteiger charge is -2.36. The molecular weight excluding hydrogens is 324 g/mol. The summed E-state index contributed by atoms with van der Waals surface area (Å²) >= 11 is 0. The molecule has 2 atom stereocenters. The maximum Gasteiger partial charge on any atom is 0.227 e. The van der Waals surface area contributed by atoms with Crippen LogP contribution in [0.15, 0.2) is 30.3 Å². The van der Waals surface area contributed by atoms with Gasteiger partial charge in [-0.1, -0.05) is 44.2 Å². The van der Waals surface area contributed by atoms with Crippen LogP contribution in [-0.2, 0) is 14.9 Å². The van der Waals surface area contributed by atoms with Gasteiger partial charge < -0.3 is 15.4 Å². The van der Waals surface area contributed by atoms with Crippen LogP contribution in [0.2, 0.25) is 0 Å². The Morgan fingerprint density at radius 1 is 1.38 bits per heavy atom. The Kier molecular flexibility index (Phi) is 7.71. The predicted octanol–water partition coefficient (Wildman–Crippen LogP) is 2.91. The molecule has 0 bridgehead atoms. The number of rotatable bonds is 7. The van der Waals surface area contributed by atoms with Crippen molar-refractivity contribution in [3.05, 3.63) is 35.9 Å². The highest BCUT2D eigenvalue weighted by molar-refractivity contribution is 5.85. The quantitative estimate of drug-likeness (QED) is 0.791. The minimum absolute atomic E-state index is 0. The Bertz CT molecular complexity index is 513. The maximum atomic E-state index is 13.0. The van der Waals surface area contributed by atoms with Crippen molar-refractivity contribution in [3.8, 4) is 0 Å². The number of ether oxygens (including phenoxy) is 1. The molecule has 0 spiro atoms. The summed E-state index contributed by atoms with van der Waals surface area (Å²) in [6, 6.07) is 10.4. The molecule has 2 unspecified atom stereocenters. The van der Waals surface area contributed by atoms with Crippen molar-refractivity contribution < 1.29 is 9.53 Å². The normalized spacial score (nSPS) is 21.8. The highest BCUT2D eigenvalue weighted by atomic mass is 35.5. The van der Waals surface area contributed by atoms with E-state index in [4.69, 9.17) is 4.74 Å². The molecule has 0 aliphatic carbocycles. The lowest BCUT2D eigenvalue weighted by Crippen LogP contribution is -2.52. The summed E-state index contributed by atoms with van der Waals surface area (Å²) in [6.07, 6.45) is 1.64. The number of methoxy groups -OCH3 is 1. The van der Waals surface area contributed by atoms with E-state index in [1.165, 1.54) is 5.56 Å². The monoisotopic (exact) mass is 354 g/mol. The Morgan fingerprint density at radius 3 is 2.58 bits per heavy atom. The van der Waals surface area contributed by atoms with Gasteiger partial charge in [-0.15, -0.1) is 12.4 Å². The zero-order valence-electron chi connectivity index (χ0n) is 15.2. The SMILES string of the molecule is COCCC1(C(=O)NC(C)C(C)(C)c2ccccc2)CCNC1.Cl. The molecule has 2 N–H and O–H groups in total. The van der Waals surface area contributed by atoms with E-state index in [2.05, 4.69) is 43.5 Å². The first-order chi connectivity index (χ1) is 10.9. The van der Waals surface area contributed by atoms with Crippen LogP contribution in [0.3, 0.4) is 0 Å². The molecule has 1 fully saturated rings. The van der Waals surface area contributed by atoms with Crippen molar-refractivity contribution >= 4 is 18.3 Å². The molecule has 1 aliphatic rings. The van der Waals surface area contributed by atoms with E-state index >= 15 is 0 Å². The summed E-state index contributed by atoms with van der Waals surface area (Å²) in [6.45, 7) is 8.71. The molecule has 0 radical (unpaired) electrons. The van der Waals surface area contributed by atoms with Crippen molar-refractivity contribution in [2.75, 3.05) is 26.8 Å². The average Bonchev–Trinajstić information content (AvgIpc) is 3.04. The molecule has 1 amide bonds. The second-order valence-electron chi connectivity index (χ2n) is 7.23. The minimum atomic E-state index is -0.336. The molecular formula is C19H31ClN2O2. The second-order valence-corrected chi connectivity index (χ2v) is 7.23. The van der Waals surface area contributed by atoms with Crippen LogP contribution in [-0.4, -0.2) is 38.8 Å². The van der Waals surface area contributed by atoms with Crippen LogP contribution in [0.5, 0.6) is 0 Å². The van der Waals surface area contributed by atoms with Gasteiger partial charge in [-0.3, -0.25) is 4.79 Å². The third-order valence-electron chi connectivity index (χ3n) is 5.46. The molecule has 2 rings (SSSR count). The van der Waals surface area contributed by atoms with Crippen molar-refractivity contribution in [2.45, 2.75) is 45.1 Å². The number of benzene rings is 1. The number of halogens is 1. The van der Waals surface area contributed by atoms with E-state index in [0.29, 0.717) is 6.61 Å². The number of hydrogen-bond donors (Lipinski definition) is 2. The fourth-order valence-electron chi connectivity index (χ4n) is 3.21. The lowest BCUT2D eigenvalue weighted by atomic mass is 9.77. The number of nitrogens with one attached hydrogen (secondary N) is 2. The van der Waals surface area contributed by atoms with Gasteiger partial charge in [-0.25, -0.2) is 0 Å². The van der Waals surface area contributed by atoms with Crippen molar-refractivity contribution in [1.29, 1.82) is 0 Å². The summed E-state index contributed by atoms with van der Waals surface area (Å²) in [5, 5.41) is 6.61. The van der Waals surface area contributed by atoms with Crippen LogP contribution in [0.4, 0.5) is 0 Å². The van der Waals surface area contributed by atoms with E-state index in [1.54, 1.807) is 7.11 Å². The third kappa shape index (κ3) is 4.50. The topological polar surface area (TPSA) is 50.4 Å². The van der Waals surface area contributed by atoms with Gasteiger partial charge >= 0.3 is 0 Å². The fourth-order valence-corrected chi connectivity index (χ4v) is 3.21. The van der Waals surface area contributed by atoms with Gasteiger partial charge in [0.05, 0.1) is 5.41 Å². The average molecular weight is 355 g/mol. The molecule has 0 saturated carbocycles. The zero-order valence-corrected chi connectivity index (χ0v) is 16.0. The standard InChI is InChI=1S/C19H30N2O2.ClH/c1-15(18(2,3)16-8-6-5-7-9-16)21-17(22)19(11-13-23-4)10-12-20-14-19;/h5-9,15,20H,10-14H2,1-4H3,(H,21,22);1H. The Labute approximate surface area is 152 Å². The van der Waals surface area contributed by atoms with Crippen LogP contribution in [0, 0.1) is 5.41 Å². The molecule has 24 heavy (non-hydrogen) atoms. The molecule has 1 aromatic rings. The minimum Gasteiger partial charge on any atom is -0.385 e. The van der Waals surface area contributed by atoms with Gasteiger partial charge in [-0.05, 0) is 31.9 Å². The van der Waals surface area contributed by atoms with Gasteiger partial charge in [0.15, 0.2) is 0 Å². The molecule has 0 aromatic heterocycles. The van der Waals surface area contributed by atoms with Crippen molar-refractivity contribution in [2.24, 2.45) is 5.41 Å². The van der Waals surface area contributed by atoms with Gasteiger partial charge in [0.25, 0.3) is 0 Å². The molecule has 136 valence electrons.